The quantitative estimate of drug-likeness (QED) is 0.492. The number of urea groups is 1. The first kappa shape index (κ1) is 24.0. The van der Waals surface area contributed by atoms with E-state index in [0.717, 1.165) is 57.4 Å². The highest BCUT2D eigenvalue weighted by atomic mass is 16.5. The molecule has 0 aliphatic carbocycles. The lowest BCUT2D eigenvalue weighted by atomic mass is 9.88. The van der Waals surface area contributed by atoms with Gasteiger partial charge in [0.1, 0.15) is 0 Å². The van der Waals surface area contributed by atoms with Gasteiger partial charge in [-0.05, 0) is 55.7 Å². The van der Waals surface area contributed by atoms with E-state index in [1.54, 1.807) is 4.90 Å². The van der Waals surface area contributed by atoms with Gasteiger partial charge in [0.05, 0.1) is 7.11 Å². The molecule has 1 aliphatic heterocycles. The van der Waals surface area contributed by atoms with Crippen LogP contribution >= 0.6 is 0 Å². The van der Waals surface area contributed by atoms with Crippen molar-refractivity contribution in [3.8, 4) is 0 Å². The van der Waals surface area contributed by atoms with Gasteiger partial charge < -0.3 is 20.3 Å². The van der Waals surface area contributed by atoms with E-state index < -0.39 is 0 Å². The van der Waals surface area contributed by atoms with Crippen molar-refractivity contribution in [3.63, 3.8) is 0 Å². The molecular formula is C24H39N3O3. The molecule has 2 N–H and O–H groups in total. The molecule has 0 spiro atoms. The standard InChI is InChI=1S/C24H39N3O3/c1-3-4-5-6-7-8-17-25-23(28)26-22-15-13-21(14-16-22)20-11-9-18-27(19-10-12-20)24(29)30-2/h13-16,20H,3-12,17-19H2,1-2H3,(H2,25,26,28). The van der Waals surface area contributed by atoms with Crippen molar-refractivity contribution in [2.75, 3.05) is 32.1 Å². The normalized spacial score (nSPS) is 15.2. The number of methoxy groups -OCH3 is 1. The third kappa shape index (κ3) is 8.64. The molecule has 1 fully saturated rings. The van der Waals surface area contributed by atoms with E-state index in [-0.39, 0.29) is 12.1 Å². The summed E-state index contributed by atoms with van der Waals surface area (Å²) >= 11 is 0. The molecule has 6 nitrogen and oxygen atoms in total. The Hall–Kier alpha value is -2.24. The monoisotopic (exact) mass is 417 g/mol. The van der Waals surface area contributed by atoms with Gasteiger partial charge in [0.25, 0.3) is 0 Å². The van der Waals surface area contributed by atoms with E-state index >= 15 is 0 Å². The van der Waals surface area contributed by atoms with Crippen LogP contribution in [0.15, 0.2) is 24.3 Å². The van der Waals surface area contributed by atoms with E-state index in [0.29, 0.717) is 5.92 Å². The maximum absolute atomic E-state index is 12.1. The molecule has 0 saturated carbocycles. The van der Waals surface area contributed by atoms with Crippen molar-refractivity contribution in [1.29, 1.82) is 0 Å². The fourth-order valence-corrected chi connectivity index (χ4v) is 4.08. The first-order chi connectivity index (χ1) is 14.6. The van der Waals surface area contributed by atoms with Crippen molar-refractivity contribution in [3.05, 3.63) is 29.8 Å². The van der Waals surface area contributed by atoms with Crippen LogP contribution in [0.5, 0.6) is 0 Å². The van der Waals surface area contributed by atoms with E-state index in [2.05, 4.69) is 29.7 Å². The number of carbonyl (C=O) groups is 2. The van der Waals surface area contributed by atoms with Crippen molar-refractivity contribution in [2.45, 2.75) is 77.0 Å². The Balaban J connectivity index is 1.70. The fourth-order valence-electron chi connectivity index (χ4n) is 4.08. The van der Waals surface area contributed by atoms with Crippen LogP contribution in [0.25, 0.3) is 0 Å². The maximum Gasteiger partial charge on any atom is 0.409 e. The van der Waals surface area contributed by atoms with Gasteiger partial charge in [0, 0.05) is 25.3 Å². The lowest BCUT2D eigenvalue weighted by molar-refractivity contribution is 0.119. The highest BCUT2D eigenvalue weighted by Crippen LogP contribution is 2.29. The summed E-state index contributed by atoms with van der Waals surface area (Å²) in [4.78, 5) is 25.6. The summed E-state index contributed by atoms with van der Waals surface area (Å²) in [5, 5.41) is 5.86. The molecular weight excluding hydrogens is 378 g/mol. The molecule has 0 bridgehead atoms. The second kappa shape index (κ2) is 13.9. The van der Waals surface area contributed by atoms with Crippen LogP contribution in [0.2, 0.25) is 0 Å². The van der Waals surface area contributed by atoms with E-state index in [4.69, 9.17) is 4.74 Å². The highest BCUT2D eigenvalue weighted by Gasteiger charge is 2.20. The molecule has 1 aliphatic rings. The number of hydrogen-bond donors (Lipinski definition) is 2. The van der Waals surface area contributed by atoms with Gasteiger partial charge in [0.2, 0.25) is 0 Å². The van der Waals surface area contributed by atoms with Crippen molar-refractivity contribution < 1.29 is 14.3 Å². The van der Waals surface area contributed by atoms with Gasteiger partial charge in [0.15, 0.2) is 0 Å². The van der Waals surface area contributed by atoms with E-state index in [1.165, 1.54) is 44.8 Å². The Kier molecular flexibility index (Phi) is 11.1. The first-order valence-corrected chi connectivity index (χ1v) is 11.6. The number of benzene rings is 1. The van der Waals surface area contributed by atoms with Gasteiger partial charge in [-0.3, -0.25) is 0 Å². The molecule has 1 heterocycles. The second-order valence-corrected chi connectivity index (χ2v) is 8.21. The summed E-state index contributed by atoms with van der Waals surface area (Å²) < 4.78 is 4.84. The number of nitrogens with one attached hydrogen (secondary N) is 2. The summed E-state index contributed by atoms with van der Waals surface area (Å²) in [6.45, 7) is 4.44. The SMILES string of the molecule is CCCCCCCCNC(=O)Nc1ccc(C2CCCN(C(=O)OC)CCC2)cc1. The highest BCUT2D eigenvalue weighted by molar-refractivity contribution is 5.89. The minimum atomic E-state index is -0.223. The van der Waals surface area contributed by atoms with Gasteiger partial charge in [-0.25, -0.2) is 9.59 Å². The van der Waals surface area contributed by atoms with Gasteiger partial charge in [-0.1, -0.05) is 51.2 Å². The lowest BCUT2D eigenvalue weighted by Crippen LogP contribution is -2.34. The minimum absolute atomic E-state index is 0.134. The smallest absolute Gasteiger partial charge is 0.409 e. The van der Waals surface area contributed by atoms with Crippen LogP contribution in [0, 0.1) is 0 Å². The third-order valence-electron chi connectivity index (χ3n) is 5.85. The van der Waals surface area contributed by atoms with Gasteiger partial charge >= 0.3 is 12.1 Å². The van der Waals surface area contributed by atoms with Crippen LogP contribution in [-0.4, -0.2) is 43.8 Å². The van der Waals surface area contributed by atoms with Crippen molar-refractivity contribution in [1.82, 2.24) is 10.2 Å². The summed E-state index contributed by atoms with van der Waals surface area (Å²) in [5.41, 5.74) is 2.13. The molecule has 3 amide bonds. The van der Waals surface area contributed by atoms with Gasteiger partial charge in [-0.15, -0.1) is 0 Å². The molecule has 0 unspecified atom stereocenters. The predicted octanol–water partition coefficient (Wildman–Crippen LogP) is 5.89. The zero-order valence-electron chi connectivity index (χ0n) is 18.8. The molecule has 0 radical (unpaired) electrons. The number of amides is 3. The molecule has 6 heteroatoms. The fraction of sp³-hybridized carbons (Fsp3) is 0.667. The number of unbranched alkanes of at least 4 members (excludes halogenated alkanes) is 5. The molecule has 0 aromatic heterocycles. The second-order valence-electron chi connectivity index (χ2n) is 8.21. The number of likely N-dealkylation sites (tertiary alicyclic amines) is 1. The zero-order chi connectivity index (χ0) is 21.6. The molecule has 1 saturated heterocycles. The van der Waals surface area contributed by atoms with Gasteiger partial charge in [-0.2, -0.15) is 0 Å². The summed E-state index contributed by atoms with van der Waals surface area (Å²) in [7, 11) is 1.44. The maximum atomic E-state index is 12.1. The Labute approximate surface area is 181 Å². The largest absolute Gasteiger partial charge is 0.453 e. The van der Waals surface area contributed by atoms with Crippen LogP contribution in [-0.2, 0) is 4.74 Å². The molecule has 0 atom stereocenters. The Morgan fingerprint density at radius 3 is 2.27 bits per heavy atom. The van der Waals surface area contributed by atoms with Crippen LogP contribution in [0.3, 0.4) is 0 Å². The van der Waals surface area contributed by atoms with Crippen molar-refractivity contribution >= 4 is 17.8 Å². The molecule has 168 valence electrons. The number of nitrogens with zero attached hydrogens (tertiary/aromatic N) is 1. The molecule has 2 rings (SSSR count). The average Bonchev–Trinajstić information content (AvgIpc) is 2.73. The topological polar surface area (TPSA) is 70.7 Å². The Morgan fingerprint density at radius 2 is 1.63 bits per heavy atom. The minimum Gasteiger partial charge on any atom is -0.453 e. The third-order valence-corrected chi connectivity index (χ3v) is 5.85. The van der Waals surface area contributed by atoms with Crippen LogP contribution in [0.1, 0.15) is 82.6 Å². The molecule has 30 heavy (non-hydrogen) atoms. The number of carbonyl (C=O) groups excluding carboxylic acids is 2. The van der Waals surface area contributed by atoms with Crippen molar-refractivity contribution in [2.24, 2.45) is 0 Å². The average molecular weight is 418 g/mol. The van der Waals surface area contributed by atoms with Crippen LogP contribution < -0.4 is 10.6 Å². The summed E-state index contributed by atoms with van der Waals surface area (Å²) in [6, 6.07) is 8.07. The molecule has 1 aromatic carbocycles. The predicted molar refractivity (Wildman–Crippen MR) is 122 cm³/mol. The van der Waals surface area contributed by atoms with E-state index in [9.17, 15) is 9.59 Å². The van der Waals surface area contributed by atoms with E-state index in [1.807, 2.05) is 12.1 Å². The summed E-state index contributed by atoms with van der Waals surface area (Å²) in [6.07, 6.45) is 11.1. The number of hydrogen-bond acceptors (Lipinski definition) is 3. The lowest BCUT2D eigenvalue weighted by Gasteiger charge is -2.27. The Morgan fingerprint density at radius 1 is 1.00 bits per heavy atom. The number of rotatable bonds is 9. The first-order valence-electron chi connectivity index (χ1n) is 11.6. The van der Waals surface area contributed by atoms with Crippen LogP contribution in [0.4, 0.5) is 15.3 Å². The summed E-state index contributed by atoms with van der Waals surface area (Å²) in [5.74, 6) is 0.500. The zero-order valence-corrected chi connectivity index (χ0v) is 18.8. The Bertz CT molecular complexity index is 623. The molecule has 1 aromatic rings. The number of ether oxygens (including phenoxy) is 1. The number of anilines is 1.